The summed E-state index contributed by atoms with van der Waals surface area (Å²) in [6, 6.07) is 23.2. The van der Waals surface area contributed by atoms with Crippen LogP contribution in [0.1, 0.15) is 0 Å². The van der Waals surface area contributed by atoms with Crippen LogP contribution in [0.2, 0.25) is 0 Å². The largest absolute Gasteiger partial charge is 0.477 e. The molecule has 3 aromatic rings. The molecule has 0 aromatic heterocycles. The van der Waals surface area contributed by atoms with E-state index in [0.29, 0.717) is 5.69 Å². The number of carbonyl (C=O) groups is 1. The number of rotatable bonds is 7. The lowest BCUT2D eigenvalue weighted by Gasteiger charge is -2.11. The Kier molecular flexibility index (Phi) is 6.06. The highest BCUT2D eigenvalue weighted by Crippen LogP contribution is 2.33. The number of nitro benzene ring substituents is 1. The second kappa shape index (κ2) is 8.86. The van der Waals surface area contributed by atoms with E-state index in [9.17, 15) is 14.9 Å². The highest BCUT2D eigenvalue weighted by molar-refractivity contribution is 7.99. The van der Waals surface area contributed by atoms with Gasteiger partial charge in [0.2, 0.25) is 0 Å². The molecular weight excluding hydrogens is 364 g/mol. The molecule has 6 nitrogen and oxygen atoms in total. The highest BCUT2D eigenvalue weighted by Gasteiger charge is 2.15. The Morgan fingerprint density at radius 3 is 2.41 bits per heavy atom. The van der Waals surface area contributed by atoms with Crippen molar-refractivity contribution in [1.82, 2.24) is 0 Å². The van der Waals surface area contributed by atoms with Crippen molar-refractivity contribution in [1.29, 1.82) is 0 Å². The Morgan fingerprint density at radius 1 is 0.963 bits per heavy atom. The van der Waals surface area contributed by atoms with Crippen LogP contribution in [-0.2, 0) is 4.79 Å². The molecule has 27 heavy (non-hydrogen) atoms. The van der Waals surface area contributed by atoms with Gasteiger partial charge in [-0.2, -0.15) is 0 Å². The van der Waals surface area contributed by atoms with Gasteiger partial charge < -0.3 is 10.1 Å². The van der Waals surface area contributed by atoms with Crippen molar-refractivity contribution in [2.75, 3.05) is 11.9 Å². The summed E-state index contributed by atoms with van der Waals surface area (Å²) >= 11 is 1.53. The SMILES string of the molecule is O=C(COc1ccccc1[N+](=O)[O-])Nc1ccccc1Sc1ccccc1. The topological polar surface area (TPSA) is 81.5 Å². The zero-order chi connectivity index (χ0) is 19.1. The molecule has 0 aliphatic rings. The lowest BCUT2D eigenvalue weighted by atomic mass is 10.3. The van der Waals surface area contributed by atoms with Crippen molar-refractivity contribution in [3.8, 4) is 5.75 Å². The summed E-state index contributed by atoms with van der Waals surface area (Å²) < 4.78 is 5.33. The maximum Gasteiger partial charge on any atom is 0.310 e. The molecule has 0 spiro atoms. The van der Waals surface area contributed by atoms with E-state index in [1.54, 1.807) is 18.2 Å². The number of hydrogen-bond acceptors (Lipinski definition) is 5. The Hall–Kier alpha value is -3.32. The van der Waals surface area contributed by atoms with Crippen LogP contribution in [0.15, 0.2) is 88.7 Å². The fourth-order valence-electron chi connectivity index (χ4n) is 2.33. The average Bonchev–Trinajstić information content (AvgIpc) is 2.69. The first-order valence-corrected chi connectivity index (χ1v) is 8.93. The Labute approximate surface area is 160 Å². The normalized spacial score (nSPS) is 10.2. The predicted molar refractivity (Wildman–Crippen MR) is 104 cm³/mol. The number of nitrogens with zero attached hydrogens (tertiary/aromatic N) is 1. The monoisotopic (exact) mass is 380 g/mol. The quantitative estimate of drug-likeness (QED) is 0.472. The predicted octanol–water partition coefficient (Wildman–Crippen LogP) is 4.76. The summed E-state index contributed by atoms with van der Waals surface area (Å²) in [4.78, 5) is 24.7. The number of nitrogens with one attached hydrogen (secondary N) is 1. The van der Waals surface area contributed by atoms with Crippen molar-refractivity contribution in [2.24, 2.45) is 0 Å². The van der Waals surface area contributed by atoms with Gasteiger partial charge in [0, 0.05) is 15.9 Å². The Morgan fingerprint density at radius 2 is 1.63 bits per heavy atom. The van der Waals surface area contributed by atoms with Crippen molar-refractivity contribution in [3.05, 3.63) is 89.0 Å². The number of amides is 1. The molecule has 3 rings (SSSR count). The molecule has 3 aromatic carbocycles. The van der Waals surface area contributed by atoms with E-state index in [0.717, 1.165) is 9.79 Å². The van der Waals surface area contributed by atoms with Gasteiger partial charge in [0.25, 0.3) is 5.91 Å². The molecule has 0 bridgehead atoms. The van der Waals surface area contributed by atoms with E-state index >= 15 is 0 Å². The minimum absolute atomic E-state index is 0.0598. The fourth-order valence-corrected chi connectivity index (χ4v) is 3.26. The minimum Gasteiger partial charge on any atom is -0.477 e. The van der Waals surface area contributed by atoms with Crippen LogP contribution in [0.3, 0.4) is 0 Å². The van der Waals surface area contributed by atoms with Gasteiger partial charge in [-0.15, -0.1) is 0 Å². The smallest absolute Gasteiger partial charge is 0.310 e. The number of anilines is 1. The highest BCUT2D eigenvalue weighted by atomic mass is 32.2. The summed E-state index contributed by atoms with van der Waals surface area (Å²) in [6.07, 6.45) is 0. The van der Waals surface area contributed by atoms with Crippen molar-refractivity contribution in [3.63, 3.8) is 0 Å². The van der Waals surface area contributed by atoms with Gasteiger partial charge in [0.05, 0.1) is 10.6 Å². The molecule has 1 N–H and O–H groups in total. The van der Waals surface area contributed by atoms with E-state index in [1.165, 1.54) is 23.9 Å². The molecule has 0 unspecified atom stereocenters. The fraction of sp³-hybridized carbons (Fsp3) is 0.0500. The third kappa shape index (κ3) is 5.08. The lowest BCUT2D eigenvalue weighted by molar-refractivity contribution is -0.385. The van der Waals surface area contributed by atoms with Crippen LogP contribution in [-0.4, -0.2) is 17.4 Å². The number of para-hydroxylation sites is 3. The first kappa shape index (κ1) is 18.5. The first-order chi connectivity index (χ1) is 13.1. The third-order valence-electron chi connectivity index (χ3n) is 3.55. The van der Waals surface area contributed by atoms with Crippen molar-refractivity contribution in [2.45, 2.75) is 9.79 Å². The van der Waals surface area contributed by atoms with Gasteiger partial charge in [-0.3, -0.25) is 14.9 Å². The summed E-state index contributed by atoms with van der Waals surface area (Å²) in [5, 5.41) is 13.8. The minimum atomic E-state index is -0.543. The van der Waals surface area contributed by atoms with E-state index in [-0.39, 0.29) is 18.0 Å². The lowest BCUT2D eigenvalue weighted by Crippen LogP contribution is -2.20. The first-order valence-electron chi connectivity index (χ1n) is 8.11. The maximum absolute atomic E-state index is 12.3. The van der Waals surface area contributed by atoms with Crippen LogP contribution in [0.4, 0.5) is 11.4 Å². The van der Waals surface area contributed by atoms with E-state index in [2.05, 4.69) is 5.32 Å². The molecule has 136 valence electrons. The van der Waals surface area contributed by atoms with Gasteiger partial charge in [-0.25, -0.2) is 0 Å². The van der Waals surface area contributed by atoms with Crippen LogP contribution >= 0.6 is 11.8 Å². The summed E-state index contributed by atoms with van der Waals surface area (Å²) in [5.41, 5.74) is 0.479. The van der Waals surface area contributed by atoms with Gasteiger partial charge in [-0.1, -0.05) is 54.2 Å². The number of hydrogen-bond donors (Lipinski definition) is 1. The number of carbonyl (C=O) groups excluding carboxylic acids is 1. The molecule has 0 atom stereocenters. The average molecular weight is 380 g/mol. The summed E-state index contributed by atoms with van der Waals surface area (Å²) in [7, 11) is 0. The maximum atomic E-state index is 12.3. The van der Waals surface area contributed by atoms with E-state index in [4.69, 9.17) is 4.74 Å². The number of ether oxygens (including phenoxy) is 1. The van der Waals surface area contributed by atoms with Crippen molar-refractivity contribution >= 4 is 29.0 Å². The molecule has 1 amide bonds. The van der Waals surface area contributed by atoms with Crippen LogP contribution < -0.4 is 10.1 Å². The van der Waals surface area contributed by atoms with Gasteiger partial charge >= 0.3 is 5.69 Å². The molecule has 7 heteroatoms. The molecule has 0 fully saturated rings. The van der Waals surface area contributed by atoms with E-state index < -0.39 is 10.8 Å². The zero-order valence-corrected chi connectivity index (χ0v) is 15.0. The second-order valence-electron chi connectivity index (χ2n) is 5.47. The van der Waals surface area contributed by atoms with Gasteiger partial charge in [0.1, 0.15) is 0 Å². The molecule has 0 aliphatic carbocycles. The molecule has 0 heterocycles. The molecule has 0 radical (unpaired) electrons. The summed E-state index contributed by atoms with van der Waals surface area (Å²) in [6.45, 7) is -0.324. The zero-order valence-electron chi connectivity index (χ0n) is 14.2. The molecule has 0 saturated heterocycles. The Balaban J connectivity index is 1.66. The third-order valence-corrected chi connectivity index (χ3v) is 4.64. The molecule has 0 saturated carbocycles. The van der Waals surface area contributed by atoms with Crippen LogP contribution in [0, 0.1) is 10.1 Å². The van der Waals surface area contributed by atoms with Gasteiger partial charge in [0.15, 0.2) is 12.4 Å². The van der Waals surface area contributed by atoms with Crippen LogP contribution in [0.5, 0.6) is 5.75 Å². The van der Waals surface area contributed by atoms with Crippen LogP contribution in [0.25, 0.3) is 0 Å². The molecular formula is C20H16N2O4S. The number of benzene rings is 3. The van der Waals surface area contributed by atoms with E-state index in [1.807, 2.05) is 48.5 Å². The standard InChI is InChI=1S/C20H16N2O4S/c23-20(14-26-18-12-6-5-11-17(18)22(24)25)21-16-10-4-7-13-19(16)27-15-8-2-1-3-9-15/h1-13H,14H2,(H,21,23). The van der Waals surface area contributed by atoms with Gasteiger partial charge in [-0.05, 0) is 30.3 Å². The number of nitro groups is 1. The second-order valence-corrected chi connectivity index (χ2v) is 6.59. The Bertz CT molecular complexity index is 947. The molecule has 0 aliphatic heterocycles. The summed E-state index contributed by atoms with van der Waals surface area (Å²) in [5.74, 6) is -0.334. The van der Waals surface area contributed by atoms with Crippen molar-refractivity contribution < 1.29 is 14.5 Å².